The number of nitrogens with one attached hydrogen (secondary N) is 1. The summed E-state index contributed by atoms with van der Waals surface area (Å²) in [6.07, 6.45) is 0. The van der Waals surface area contributed by atoms with Crippen LogP contribution in [-0.2, 0) is 20.1 Å². The van der Waals surface area contributed by atoms with E-state index in [1.165, 1.54) is 4.80 Å². The molecule has 0 bridgehead atoms. The number of hydrogen-bond donors (Lipinski definition) is 1. The Labute approximate surface area is 98.4 Å². The third-order valence-corrected chi connectivity index (χ3v) is 2.29. The number of aromatic nitrogens is 4. The largest absolute Gasteiger partial charge is 0.306 e. The molecule has 2 rings (SSSR count). The Kier molecular flexibility index (Phi) is 3.48. The highest BCUT2D eigenvalue weighted by atomic mass is 35.5. The standard InChI is InChI=1S/C10H12ClN5/c1-16-14-10(13-15-16)7-12-6-8-3-2-4-9(11)5-8/h2-5,12H,6-7H2,1H3. The van der Waals surface area contributed by atoms with Gasteiger partial charge in [-0.1, -0.05) is 23.7 Å². The van der Waals surface area contributed by atoms with E-state index in [-0.39, 0.29) is 0 Å². The molecule has 2 aromatic rings. The fourth-order valence-electron chi connectivity index (χ4n) is 1.36. The fourth-order valence-corrected chi connectivity index (χ4v) is 1.57. The third kappa shape index (κ3) is 3.01. The van der Waals surface area contributed by atoms with Gasteiger partial charge in [0.25, 0.3) is 0 Å². The highest BCUT2D eigenvalue weighted by Crippen LogP contribution is 2.10. The van der Waals surface area contributed by atoms with Crippen LogP contribution in [-0.4, -0.2) is 20.2 Å². The predicted octanol–water partition coefficient (Wildman–Crippen LogP) is 1.15. The first-order chi connectivity index (χ1) is 7.74. The second-order valence-electron chi connectivity index (χ2n) is 3.43. The van der Waals surface area contributed by atoms with Crippen LogP contribution in [0.2, 0.25) is 5.02 Å². The van der Waals surface area contributed by atoms with Crippen LogP contribution in [0.4, 0.5) is 0 Å². The van der Waals surface area contributed by atoms with Crippen molar-refractivity contribution in [1.82, 2.24) is 25.5 Å². The molecule has 0 amide bonds. The topological polar surface area (TPSA) is 55.6 Å². The highest BCUT2D eigenvalue weighted by Gasteiger charge is 1.99. The van der Waals surface area contributed by atoms with Crippen molar-refractivity contribution in [1.29, 1.82) is 0 Å². The van der Waals surface area contributed by atoms with Crippen LogP contribution >= 0.6 is 11.6 Å². The molecule has 0 aliphatic rings. The first-order valence-corrected chi connectivity index (χ1v) is 5.30. The fraction of sp³-hybridized carbons (Fsp3) is 0.300. The van der Waals surface area contributed by atoms with Crippen molar-refractivity contribution in [2.45, 2.75) is 13.1 Å². The summed E-state index contributed by atoms with van der Waals surface area (Å²) in [5, 5.41) is 15.7. The van der Waals surface area contributed by atoms with Crippen molar-refractivity contribution >= 4 is 11.6 Å². The average Bonchev–Trinajstić information content (AvgIpc) is 2.64. The number of aryl methyl sites for hydroxylation is 1. The van der Waals surface area contributed by atoms with Gasteiger partial charge in [-0.15, -0.1) is 10.2 Å². The summed E-state index contributed by atoms with van der Waals surface area (Å²) in [4.78, 5) is 1.44. The van der Waals surface area contributed by atoms with Gasteiger partial charge in [-0.2, -0.15) is 4.80 Å². The molecule has 0 atom stereocenters. The summed E-state index contributed by atoms with van der Waals surface area (Å²) in [6.45, 7) is 1.33. The monoisotopic (exact) mass is 237 g/mol. The predicted molar refractivity (Wildman–Crippen MR) is 60.8 cm³/mol. The van der Waals surface area contributed by atoms with E-state index in [9.17, 15) is 0 Å². The van der Waals surface area contributed by atoms with Crippen molar-refractivity contribution < 1.29 is 0 Å². The van der Waals surface area contributed by atoms with E-state index in [1.54, 1.807) is 7.05 Å². The lowest BCUT2D eigenvalue weighted by Gasteiger charge is -2.02. The number of halogens is 1. The SMILES string of the molecule is Cn1nnc(CNCc2cccc(Cl)c2)n1. The normalized spacial score (nSPS) is 10.6. The van der Waals surface area contributed by atoms with Crippen molar-refractivity contribution in [3.63, 3.8) is 0 Å². The molecule has 1 aromatic carbocycles. The second-order valence-corrected chi connectivity index (χ2v) is 3.87. The van der Waals surface area contributed by atoms with Crippen LogP contribution in [0.15, 0.2) is 24.3 Å². The van der Waals surface area contributed by atoms with E-state index in [0.29, 0.717) is 12.4 Å². The van der Waals surface area contributed by atoms with E-state index in [1.807, 2.05) is 24.3 Å². The van der Waals surface area contributed by atoms with Gasteiger partial charge in [0.2, 0.25) is 0 Å². The maximum absolute atomic E-state index is 5.88. The molecule has 0 radical (unpaired) electrons. The van der Waals surface area contributed by atoms with Crippen molar-refractivity contribution in [3.8, 4) is 0 Å². The van der Waals surface area contributed by atoms with Crippen LogP contribution < -0.4 is 5.32 Å². The van der Waals surface area contributed by atoms with Crippen LogP contribution in [0.5, 0.6) is 0 Å². The van der Waals surface area contributed by atoms with Gasteiger partial charge in [-0.3, -0.25) is 0 Å². The molecule has 1 aromatic heterocycles. The maximum Gasteiger partial charge on any atom is 0.188 e. The Morgan fingerprint density at radius 2 is 2.25 bits per heavy atom. The lowest BCUT2D eigenvalue weighted by molar-refractivity contribution is 0.619. The minimum Gasteiger partial charge on any atom is -0.306 e. The van der Waals surface area contributed by atoms with Gasteiger partial charge in [-0.25, -0.2) is 0 Å². The Hall–Kier alpha value is -1.46. The number of nitrogens with zero attached hydrogens (tertiary/aromatic N) is 4. The van der Waals surface area contributed by atoms with Crippen LogP contribution in [0.3, 0.4) is 0 Å². The van der Waals surface area contributed by atoms with Gasteiger partial charge in [-0.05, 0) is 22.9 Å². The van der Waals surface area contributed by atoms with Crippen LogP contribution in [0.25, 0.3) is 0 Å². The molecule has 0 aliphatic carbocycles. The molecule has 1 N–H and O–H groups in total. The molecule has 0 saturated carbocycles. The molecule has 0 aliphatic heterocycles. The van der Waals surface area contributed by atoms with Gasteiger partial charge in [0.1, 0.15) is 0 Å². The lowest BCUT2D eigenvalue weighted by Crippen LogP contribution is -2.13. The third-order valence-electron chi connectivity index (χ3n) is 2.05. The molecule has 16 heavy (non-hydrogen) atoms. The number of benzene rings is 1. The van der Waals surface area contributed by atoms with Gasteiger partial charge < -0.3 is 5.32 Å². The summed E-state index contributed by atoms with van der Waals surface area (Å²) < 4.78 is 0. The van der Waals surface area contributed by atoms with E-state index in [2.05, 4.69) is 20.7 Å². The smallest absolute Gasteiger partial charge is 0.188 e. The van der Waals surface area contributed by atoms with Crippen molar-refractivity contribution in [3.05, 3.63) is 40.7 Å². The molecule has 0 fully saturated rings. The minimum absolute atomic E-state index is 0.598. The summed E-state index contributed by atoms with van der Waals surface area (Å²) in [6, 6.07) is 7.73. The summed E-state index contributed by atoms with van der Waals surface area (Å²) >= 11 is 5.88. The molecule has 1 heterocycles. The summed E-state index contributed by atoms with van der Waals surface area (Å²) in [7, 11) is 1.74. The number of tetrazole rings is 1. The van der Waals surface area contributed by atoms with Gasteiger partial charge in [0.05, 0.1) is 13.6 Å². The van der Waals surface area contributed by atoms with Crippen LogP contribution in [0.1, 0.15) is 11.4 Å². The molecular weight excluding hydrogens is 226 g/mol. The Morgan fingerprint density at radius 3 is 2.94 bits per heavy atom. The Morgan fingerprint density at radius 1 is 1.38 bits per heavy atom. The molecular formula is C10H12ClN5. The van der Waals surface area contributed by atoms with E-state index < -0.39 is 0 Å². The molecule has 6 heteroatoms. The number of rotatable bonds is 4. The molecule has 0 saturated heterocycles. The molecule has 0 unspecified atom stereocenters. The summed E-state index contributed by atoms with van der Waals surface area (Å²) in [5.41, 5.74) is 1.14. The van der Waals surface area contributed by atoms with Gasteiger partial charge in [0, 0.05) is 11.6 Å². The van der Waals surface area contributed by atoms with Crippen molar-refractivity contribution in [2.75, 3.05) is 0 Å². The highest BCUT2D eigenvalue weighted by molar-refractivity contribution is 6.30. The maximum atomic E-state index is 5.88. The van der Waals surface area contributed by atoms with Crippen molar-refractivity contribution in [2.24, 2.45) is 7.05 Å². The molecule has 5 nitrogen and oxygen atoms in total. The first kappa shape index (κ1) is 11.0. The van der Waals surface area contributed by atoms with E-state index in [0.717, 1.165) is 17.1 Å². The zero-order valence-electron chi connectivity index (χ0n) is 8.89. The molecule has 0 spiro atoms. The summed E-state index contributed by atoms with van der Waals surface area (Å²) in [5.74, 6) is 0.685. The average molecular weight is 238 g/mol. The minimum atomic E-state index is 0.598. The second kappa shape index (κ2) is 5.05. The van der Waals surface area contributed by atoms with E-state index >= 15 is 0 Å². The zero-order valence-corrected chi connectivity index (χ0v) is 9.65. The number of hydrogen-bond acceptors (Lipinski definition) is 4. The quantitative estimate of drug-likeness (QED) is 0.867. The Balaban J connectivity index is 1.84. The molecule has 84 valence electrons. The van der Waals surface area contributed by atoms with E-state index in [4.69, 9.17) is 11.6 Å². The van der Waals surface area contributed by atoms with Gasteiger partial charge in [0.15, 0.2) is 5.82 Å². The zero-order chi connectivity index (χ0) is 11.4. The lowest BCUT2D eigenvalue weighted by atomic mass is 10.2. The Bertz CT molecular complexity index is 468. The van der Waals surface area contributed by atoms with Crippen LogP contribution in [0, 0.1) is 0 Å². The first-order valence-electron chi connectivity index (χ1n) is 4.92. The van der Waals surface area contributed by atoms with Gasteiger partial charge >= 0.3 is 0 Å².